The average Bonchev–Trinajstić information content (AvgIpc) is 3.09. The van der Waals surface area contributed by atoms with Crippen molar-refractivity contribution in [3.8, 4) is 0 Å². The summed E-state index contributed by atoms with van der Waals surface area (Å²) >= 11 is 6.43. The second-order valence-electron chi connectivity index (χ2n) is 5.75. The topological polar surface area (TPSA) is 49.4 Å². The molecule has 1 aliphatic heterocycles. The largest absolute Gasteiger partial charge is 0.327 e. The lowest BCUT2D eigenvalue weighted by Gasteiger charge is -2.24. The van der Waals surface area contributed by atoms with Gasteiger partial charge in [0, 0.05) is 16.6 Å². The molecule has 1 fully saturated rings. The van der Waals surface area contributed by atoms with Crippen LogP contribution in [-0.2, 0) is 4.79 Å². The first-order valence-electron chi connectivity index (χ1n) is 7.79. The van der Waals surface area contributed by atoms with Crippen LogP contribution >= 0.6 is 31.9 Å². The lowest BCUT2D eigenvalue weighted by Crippen LogP contribution is -2.43. The number of benzene rings is 2. The zero-order valence-corrected chi connectivity index (χ0v) is 16.3. The smallest absolute Gasteiger partial charge is 0.254 e. The van der Waals surface area contributed by atoms with E-state index in [-0.39, 0.29) is 22.0 Å². The number of halogens is 3. The van der Waals surface area contributed by atoms with Gasteiger partial charge in [-0.05, 0) is 65.2 Å². The van der Waals surface area contributed by atoms with Gasteiger partial charge in [0.2, 0.25) is 5.91 Å². The number of carbonyl (C=O) groups excluding carboxylic acids is 2. The Labute approximate surface area is 161 Å². The normalized spacial score (nSPS) is 16.8. The molecule has 25 heavy (non-hydrogen) atoms. The average molecular weight is 470 g/mol. The molecule has 130 valence electrons. The fourth-order valence-electron chi connectivity index (χ4n) is 2.86. The van der Waals surface area contributed by atoms with Gasteiger partial charge in [-0.2, -0.15) is 0 Å². The van der Waals surface area contributed by atoms with Gasteiger partial charge in [-0.15, -0.1) is 0 Å². The molecule has 1 N–H and O–H groups in total. The van der Waals surface area contributed by atoms with Crippen LogP contribution in [0.1, 0.15) is 23.2 Å². The first kappa shape index (κ1) is 18.1. The molecule has 1 atom stereocenters. The Bertz CT molecular complexity index is 811. The minimum Gasteiger partial charge on any atom is -0.327 e. The first-order chi connectivity index (χ1) is 12.0. The lowest BCUT2D eigenvalue weighted by molar-refractivity contribution is -0.119. The van der Waals surface area contributed by atoms with Crippen molar-refractivity contribution in [1.82, 2.24) is 4.90 Å². The van der Waals surface area contributed by atoms with E-state index in [2.05, 4.69) is 37.2 Å². The van der Waals surface area contributed by atoms with Gasteiger partial charge in [0.15, 0.2) is 5.82 Å². The van der Waals surface area contributed by atoms with Crippen molar-refractivity contribution in [1.29, 1.82) is 0 Å². The van der Waals surface area contributed by atoms with Crippen LogP contribution in [0.2, 0.25) is 0 Å². The molecule has 2 aromatic rings. The Morgan fingerprint density at radius 1 is 1.12 bits per heavy atom. The molecule has 0 aliphatic carbocycles. The molecule has 0 spiro atoms. The zero-order valence-electron chi connectivity index (χ0n) is 13.1. The minimum atomic E-state index is -0.602. The van der Waals surface area contributed by atoms with Gasteiger partial charge in [-0.1, -0.05) is 22.0 Å². The minimum absolute atomic E-state index is 0.0994. The molecule has 1 unspecified atom stereocenters. The summed E-state index contributed by atoms with van der Waals surface area (Å²) in [6, 6.07) is 11.1. The van der Waals surface area contributed by atoms with Gasteiger partial charge in [-0.3, -0.25) is 9.59 Å². The molecule has 2 aromatic carbocycles. The number of nitrogens with one attached hydrogen (secondary N) is 1. The predicted octanol–water partition coefficient (Wildman–Crippen LogP) is 4.59. The molecule has 7 heteroatoms. The van der Waals surface area contributed by atoms with Crippen molar-refractivity contribution < 1.29 is 14.0 Å². The monoisotopic (exact) mass is 468 g/mol. The van der Waals surface area contributed by atoms with Crippen molar-refractivity contribution in [3.05, 3.63) is 62.8 Å². The van der Waals surface area contributed by atoms with Crippen molar-refractivity contribution >= 4 is 49.4 Å². The molecule has 1 heterocycles. The van der Waals surface area contributed by atoms with Crippen LogP contribution in [0.15, 0.2) is 51.4 Å². The number of nitrogens with zero attached hydrogens (tertiary/aromatic N) is 1. The second-order valence-corrected chi connectivity index (χ2v) is 7.52. The van der Waals surface area contributed by atoms with Crippen LogP contribution in [0.4, 0.5) is 10.1 Å². The Morgan fingerprint density at radius 2 is 1.84 bits per heavy atom. The number of hydrogen-bond donors (Lipinski definition) is 1. The maximum atomic E-state index is 14.1. The van der Waals surface area contributed by atoms with Crippen LogP contribution in [0, 0.1) is 5.82 Å². The summed E-state index contributed by atoms with van der Waals surface area (Å²) in [5, 5.41) is 2.59. The van der Waals surface area contributed by atoms with Crippen molar-refractivity contribution in [2.24, 2.45) is 0 Å². The molecule has 0 radical (unpaired) electrons. The van der Waals surface area contributed by atoms with E-state index in [1.54, 1.807) is 41.3 Å². The summed E-state index contributed by atoms with van der Waals surface area (Å²) in [6.45, 7) is 0.508. The van der Waals surface area contributed by atoms with E-state index in [1.165, 1.54) is 6.07 Å². The molecule has 0 saturated carbocycles. The molecular formula is C18H15Br2FN2O2. The van der Waals surface area contributed by atoms with Gasteiger partial charge < -0.3 is 10.2 Å². The zero-order chi connectivity index (χ0) is 18.0. The van der Waals surface area contributed by atoms with E-state index >= 15 is 0 Å². The molecule has 1 aliphatic rings. The van der Waals surface area contributed by atoms with Gasteiger partial charge in [-0.25, -0.2) is 4.39 Å². The highest BCUT2D eigenvalue weighted by atomic mass is 79.9. The summed E-state index contributed by atoms with van der Waals surface area (Å²) in [5.41, 5.74) is 0.624. The number of anilines is 1. The quantitative estimate of drug-likeness (QED) is 0.714. The Morgan fingerprint density at radius 3 is 2.56 bits per heavy atom. The van der Waals surface area contributed by atoms with Crippen LogP contribution in [0.3, 0.4) is 0 Å². The maximum absolute atomic E-state index is 14.1. The van der Waals surface area contributed by atoms with Gasteiger partial charge in [0.05, 0.1) is 10.2 Å². The van der Waals surface area contributed by atoms with Gasteiger partial charge in [0.25, 0.3) is 5.91 Å². The van der Waals surface area contributed by atoms with Crippen molar-refractivity contribution in [2.75, 3.05) is 11.9 Å². The molecule has 2 amide bonds. The summed E-state index contributed by atoms with van der Waals surface area (Å²) in [7, 11) is 0. The highest BCUT2D eigenvalue weighted by molar-refractivity contribution is 9.10. The maximum Gasteiger partial charge on any atom is 0.254 e. The van der Waals surface area contributed by atoms with E-state index in [0.29, 0.717) is 18.5 Å². The number of amides is 2. The Hall–Kier alpha value is -1.73. The van der Waals surface area contributed by atoms with Gasteiger partial charge in [0.1, 0.15) is 6.04 Å². The fourth-order valence-corrected chi connectivity index (χ4v) is 3.49. The van der Waals surface area contributed by atoms with Crippen LogP contribution in [0.5, 0.6) is 0 Å². The van der Waals surface area contributed by atoms with E-state index in [1.807, 2.05) is 0 Å². The molecule has 0 bridgehead atoms. The third-order valence-electron chi connectivity index (χ3n) is 4.12. The van der Waals surface area contributed by atoms with Crippen LogP contribution < -0.4 is 5.32 Å². The molecule has 3 rings (SSSR count). The molecular weight excluding hydrogens is 455 g/mol. The first-order valence-corrected chi connectivity index (χ1v) is 9.37. The third-order valence-corrected chi connectivity index (χ3v) is 5.26. The highest BCUT2D eigenvalue weighted by Gasteiger charge is 2.34. The second kappa shape index (κ2) is 7.66. The number of likely N-dealkylation sites (tertiary alicyclic amines) is 1. The summed E-state index contributed by atoms with van der Waals surface area (Å²) in [4.78, 5) is 26.8. The third kappa shape index (κ3) is 3.93. The Balaban J connectivity index is 1.76. The number of carbonyl (C=O) groups is 2. The van der Waals surface area contributed by atoms with E-state index in [4.69, 9.17) is 0 Å². The van der Waals surface area contributed by atoms with E-state index in [0.717, 1.165) is 10.9 Å². The predicted molar refractivity (Wildman–Crippen MR) is 101 cm³/mol. The van der Waals surface area contributed by atoms with Crippen molar-refractivity contribution in [2.45, 2.75) is 18.9 Å². The van der Waals surface area contributed by atoms with Crippen LogP contribution in [0.25, 0.3) is 0 Å². The van der Waals surface area contributed by atoms with Crippen LogP contribution in [-0.4, -0.2) is 29.3 Å². The fraction of sp³-hybridized carbons (Fsp3) is 0.222. The SMILES string of the molecule is O=C(Nc1cccc(Br)c1F)C1CCCN1C(=O)c1ccc(Br)cc1. The standard InChI is InChI=1S/C18H15Br2FN2O2/c19-12-8-6-11(7-9-12)18(25)23-10-2-5-15(23)17(24)22-14-4-1-3-13(20)16(14)21/h1,3-4,6-9,15H,2,5,10H2,(H,22,24). The number of hydrogen-bond acceptors (Lipinski definition) is 2. The Kier molecular flexibility index (Phi) is 5.54. The van der Waals surface area contributed by atoms with Crippen molar-refractivity contribution in [3.63, 3.8) is 0 Å². The van der Waals surface area contributed by atoms with E-state index in [9.17, 15) is 14.0 Å². The van der Waals surface area contributed by atoms with E-state index < -0.39 is 11.9 Å². The highest BCUT2D eigenvalue weighted by Crippen LogP contribution is 2.25. The summed E-state index contributed by atoms with van der Waals surface area (Å²) < 4.78 is 15.2. The summed E-state index contributed by atoms with van der Waals surface area (Å²) in [5.74, 6) is -1.10. The molecule has 0 aromatic heterocycles. The van der Waals surface area contributed by atoms with Gasteiger partial charge >= 0.3 is 0 Å². The lowest BCUT2D eigenvalue weighted by atomic mass is 10.1. The molecule has 4 nitrogen and oxygen atoms in total. The molecule has 1 saturated heterocycles. The number of rotatable bonds is 3. The summed E-state index contributed by atoms with van der Waals surface area (Å²) in [6.07, 6.45) is 1.30.